The van der Waals surface area contributed by atoms with Crippen LogP contribution in [0.15, 0.2) is 71.2 Å². The lowest BCUT2D eigenvalue weighted by Crippen LogP contribution is -2.35. The first-order chi connectivity index (χ1) is 18.9. The van der Waals surface area contributed by atoms with Crippen LogP contribution in [0.1, 0.15) is 11.1 Å². The topological polar surface area (TPSA) is 80.5 Å². The summed E-state index contributed by atoms with van der Waals surface area (Å²) in [6.07, 6.45) is -8.75. The molecule has 0 atom stereocenters. The molecule has 0 radical (unpaired) electrons. The summed E-state index contributed by atoms with van der Waals surface area (Å²) in [5, 5.41) is 3.79. The maximum atomic E-state index is 13.6. The number of hydrogen-bond acceptors (Lipinski definition) is 6. The number of methoxy groups -OCH3 is 1. The van der Waals surface area contributed by atoms with Crippen molar-refractivity contribution in [1.29, 1.82) is 0 Å². The van der Waals surface area contributed by atoms with Gasteiger partial charge in [0.15, 0.2) is 0 Å². The number of nitrogens with zero attached hydrogens (tertiary/aromatic N) is 3. The Labute approximate surface area is 231 Å². The maximum absolute atomic E-state index is 13.6. The van der Waals surface area contributed by atoms with E-state index < -0.39 is 35.9 Å². The number of carbonyl (C=O) groups excluding carboxylic acids is 1. The van der Waals surface area contributed by atoms with Gasteiger partial charge in [0.25, 0.3) is 5.91 Å². The third-order valence-corrected chi connectivity index (χ3v) is 6.45. The molecule has 0 bridgehead atoms. The molecule has 0 fully saturated rings. The van der Waals surface area contributed by atoms with Crippen LogP contribution in [0.3, 0.4) is 0 Å². The highest BCUT2D eigenvalue weighted by atomic mass is 35.5. The first-order valence-corrected chi connectivity index (χ1v) is 12.4. The van der Waals surface area contributed by atoms with E-state index in [0.29, 0.717) is 29.3 Å². The highest BCUT2D eigenvalue weighted by molar-refractivity contribution is 7.07. The third-order valence-electron chi connectivity index (χ3n) is 5.34. The number of rotatable bonds is 7. The predicted octanol–water partition coefficient (Wildman–Crippen LogP) is 6.73. The van der Waals surface area contributed by atoms with Crippen LogP contribution in [-0.4, -0.2) is 29.2 Å². The average Bonchev–Trinajstić information content (AvgIpc) is 3.28. The van der Waals surface area contributed by atoms with Gasteiger partial charge in [-0.05, 0) is 42.5 Å². The van der Waals surface area contributed by atoms with E-state index in [1.807, 2.05) is 0 Å². The monoisotopic (exact) mass is 601 g/mol. The Kier molecular flexibility index (Phi) is 8.40. The van der Waals surface area contributed by atoms with Crippen molar-refractivity contribution < 1.29 is 35.9 Å². The van der Waals surface area contributed by atoms with E-state index in [0.717, 1.165) is 17.4 Å². The minimum atomic E-state index is -4.66. The van der Waals surface area contributed by atoms with Crippen LogP contribution in [0.2, 0.25) is 5.02 Å². The SMILES string of the molecule is COc1ccc(-c2csc(=Nc3ccccc3C(F)(F)F)n2NC(=O)CNc2ncc(C(F)(F)F)cc2Cl)cc1. The van der Waals surface area contributed by atoms with Crippen LogP contribution >= 0.6 is 22.9 Å². The summed E-state index contributed by atoms with van der Waals surface area (Å²) >= 11 is 6.86. The number of ether oxygens (including phenoxy) is 1. The molecule has 1 amide bonds. The molecule has 7 nitrogen and oxygen atoms in total. The summed E-state index contributed by atoms with van der Waals surface area (Å²) in [4.78, 5) is 20.7. The lowest BCUT2D eigenvalue weighted by atomic mass is 10.1. The largest absolute Gasteiger partial charge is 0.497 e. The van der Waals surface area contributed by atoms with Crippen molar-refractivity contribution >= 4 is 40.4 Å². The Morgan fingerprint density at radius 2 is 1.77 bits per heavy atom. The molecule has 4 aromatic rings. The fourth-order valence-electron chi connectivity index (χ4n) is 3.43. The van der Waals surface area contributed by atoms with Crippen LogP contribution in [0.4, 0.5) is 37.8 Å². The van der Waals surface area contributed by atoms with Gasteiger partial charge >= 0.3 is 12.4 Å². The maximum Gasteiger partial charge on any atom is 0.418 e. The molecule has 210 valence electrons. The molecule has 0 aliphatic rings. The van der Waals surface area contributed by atoms with Gasteiger partial charge in [-0.25, -0.2) is 14.7 Å². The molecular weight excluding hydrogens is 584 g/mol. The number of anilines is 1. The Bertz CT molecular complexity index is 1580. The summed E-state index contributed by atoms with van der Waals surface area (Å²) in [5.74, 6) is -0.320. The van der Waals surface area contributed by atoms with E-state index in [-0.39, 0.29) is 21.3 Å². The van der Waals surface area contributed by atoms with E-state index in [1.54, 1.807) is 29.6 Å². The van der Waals surface area contributed by atoms with Crippen molar-refractivity contribution in [1.82, 2.24) is 9.66 Å². The standard InChI is InChI=1S/C25H18ClF6N5O2S/c1-39-16-8-6-14(7-9-16)20-13-40-23(35-19-5-3-2-4-17(19)25(30,31)32)37(20)36-21(38)12-34-22-18(26)10-15(11-33-22)24(27,28)29/h2-11,13H,12H2,1H3,(H,33,34)(H,36,38). The third kappa shape index (κ3) is 6.74. The molecule has 2 heterocycles. The van der Waals surface area contributed by atoms with Crippen molar-refractivity contribution in [2.75, 3.05) is 24.4 Å². The minimum Gasteiger partial charge on any atom is -0.497 e. The quantitative estimate of drug-likeness (QED) is 0.230. The fraction of sp³-hybridized carbons (Fsp3) is 0.160. The van der Waals surface area contributed by atoms with Crippen LogP contribution in [0.25, 0.3) is 11.3 Å². The number of alkyl halides is 6. The van der Waals surface area contributed by atoms with E-state index in [9.17, 15) is 31.1 Å². The fourth-order valence-corrected chi connectivity index (χ4v) is 4.52. The number of para-hydroxylation sites is 1. The van der Waals surface area contributed by atoms with Gasteiger partial charge in [-0.1, -0.05) is 23.7 Å². The second kappa shape index (κ2) is 11.6. The highest BCUT2D eigenvalue weighted by Crippen LogP contribution is 2.36. The second-order valence-electron chi connectivity index (χ2n) is 8.03. The summed E-state index contributed by atoms with van der Waals surface area (Å²) in [5.41, 5.74) is 1.16. The molecule has 0 saturated carbocycles. The van der Waals surface area contributed by atoms with Gasteiger partial charge in [0.2, 0.25) is 4.80 Å². The summed E-state index contributed by atoms with van der Waals surface area (Å²) in [7, 11) is 1.49. The lowest BCUT2D eigenvalue weighted by molar-refractivity contribution is -0.138. The van der Waals surface area contributed by atoms with Gasteiger partial charge in [-0.2, -0.15) is 26.3 Å². The zero-order chi connectivity index (χ0) is 29.1. The van der Waals surface area contributed by atoms with Crippen molar-refractivity contribution in [2.45, 2.75) is 12.4 Å². The van der Waals surface area contributed by atoms with Crippen molar-refractivity contribution in [3.63, 3.8) is 0 Å². The molecule has 2 aromatic carbocycles. The Morgan fingerprint density at radius 3 is 2.40 bits per heavy atom. The number of halogens is 7. The number of amides is 1. The first-order valence-electron chi connectivity index (χ1n) is 11.2. The van der Waals surface area contributed by atoms with Crippen LogP contribution in [-0.2, 0) is 17.1 Å². The van der Waals surface area contributed by atoms with E-state index in [4.69, 9.17) is 16.3 Å². The summed E-state index contributed by atoms with van der Waals surface area (Å²) < 4.78 is 85.6. The molecule has 0 aliphatic carbocycles. The molecule has 15 heteroatoms. The summed E-state index contributed by atoms with van der Waals surface area (Å²) in [6.45, 7) is -0.485. The number of hydrogen-bond donors (Lipinski definition) is 2. The smallest absolute Gasteiger partial charge is 0.418 e. The number of benzene rings is 2. The number of nitrogens with one attached hydrogen (secondary N) is 2. The lowest BCUT2D eigenvalue weighted by Gasteiger charge is -2.14. The van der Waals surface area contributed by atoms with Crippen LogP contribution < -0.4 is 20.3 Å². The molecule has 2 aromatic heterocycles. The van der Waals surface area contributed by atoms with E-state index in [2.05, 4.69) is 20.7 Å². The Balaban J connectivity index is 1.67. The number of carbonyl (C=O) groups is 1. The van der Waals surface area contributed by atoms with Crippen molar-refractivity contribution in [2.24, 2.45) is 4.99 Å². The molecule has 0 aliphatic heterocycles. The van der Waals surface area contributed by atoms with Gasteiger partial charge in [0.1, 0.15) is 11.6 Å². The molecule has 0 unspecified atom stereocenters. The zero-order valence-corrected chi connectivity index (χ0v) is 21.8. The molecule has 0 spiro atoms. The van der Waals surface area contributed by atoms with Gasteiger partial charge in [0, 0.05) is 17.1 Å². The zero-order valence-electron chi connectivity index (χ0n) is 20.3. The van der Waals surface area contributed by atoms with Crippen LogP contribution in [0.5, 0.6) is 5.75 Å². The van der Waals surface area contributed by atoms with Gasteiger partial charge in [-0.15, -0.1) is 11.3 Å². The highest BCUT2D eigenvalue weighted by Gasteiger charge is 2.33. The molecule has 2 N–H and O–H groups in total. The number of thiazole rings is 1. The van der Waals surface area contributed by atoms with Gasteiger partial charge < -0.3 is 10.1 Å². The normalized spacial score (nSPS) is 12.3. The van der Waals surface area contributed by atoms with Crippen molar-refractivity contribution in [3.8, 4) is 17.0 Å². The predicted molar refractivity (Wildman–Crippen MR) is 138 cm³/mol. The molecular formula is C25H18ClF6N5O2S. The number of pyridine rings is 1. The molecule has 4 rings (SSSR count). The Hall–Kier alpha value is -4.04. The number of aromatic nitrogens is 2. The van der Waals surface area contributed by atoms with Crippen molar-refractivity contribution in [3.05, 3.63) is 87.1 Å². The average molecular weight is 602 g/mol. The molecule has 40 heavy (non-hydrogen) atoms. The van der Waals surface area contributed by atoms with Gasteiger partial charge in [-0.3, -0.25) is 10.2 Å². The first kappa shape index (κ1) is 29.0. The van der Waals surface area contributed by atoms with Crippen LogP contribution in [0, 0.1) is 0 Å². The minimum absolute atomic E-state index is 0.0153. The second-order valence-corrected chi connectivity index (χ2v) is 9.28. The molecule has 0 saturated heterocycles. The Morgan fingerprint density at radius 1 is 1.07 bits per heavy atom. The van der Waals surface area contributed by atoms with Gasteiger partial charge in [0.05, 0.1) is 41.2 Å². The van der Waals surface area contributed by atoms with E-state index in [1.165, 1.54) is 30.0 Å². The summed E-state index contributed by atoms with van der Waals surface area (Å²) in [6, 6.07) is 12.1. The van der Waals surface area contributed by atoms with E-state index >= 15 is 0 Å².